The van der Waals surface area contributed by atoms with Crippen LogP contribution in [0, 0.1) is 5.92 Å². The maximum absolute atomic E-state index is 10.6. The first-order valence-electron chi connectivity index (χ1n) is 6.78. The normalized spacial score (nSPS) is 17.8. The van der Waals surface area contributed by atoms with Crippen LogP contribution in [0.5, 0.6) is 5.75 Å². The van der Waals surface area contributed by atoms with Crippen molar-refractivity contribution in [2.45, 2.75) is 38.8 Å². The fourth-order valence-electron chi connectivity index (χ4n) is 1.78. The van der Waals surface area contributed by atoms with Crippen LogP contribution in [-0.4, -0.2) is 34.3 Å². The highest BCUT2D eigenvalue weighted by Gasteiger charge is 2.24. The van der Waals surface area contributed by atoms with Gasteiger partial charge in [0.2, 0.25) is 0 Å². The molecule has 0 radical (unpaired) electrons. The molecule has 1 aromatic carbocycles. The Balaban J connectivity index is 0.000000240. The summed E-state index contributed by atoms with van der Waals surface area (Å²) in [5.74, 6) is -1.08. The van der Waals surface area contributed by atoms with Gasteiger partial charge in [0.25, 0.3) is 0 Å². The summed E-state index contributed by atoms with van der Waals surface area (Å²) in [6.45, 7) is 3.55. The molecule has 1 unspecified atom stereocenters. The van der Waals surface area contributed by atoms with Crippen LogP contribution in [0.25, 0.3) is 0 Å². The van der Waals surface area contributed by atoms with E-state index in [1.807, 2.05) is 24.3 Å². The quantitative estimate of drug-likeness (QED) is 0.780. The number of rotatable bonds is 3. The number of carbonyl (C=O) groups is 2. The molecule has 0 amide bonds. The highest BCUT2D eigenvalue weighted by atomic mass is 16.5. The molecule has 0 spiro atoms. The van der Waals surface area contributed by atoms with Crippen molar-refractivity contribution in [3.05, 3.63) is 29.8 Å². The van der Waals surface area contributed by atoms with Crippen LogP contribution < -0.4 is 10.5 Å². The summed E-state index contributed by atoms with van der Waals surface area (Å²) >= 11 is 0. The standard InChI is InChI=1S/C10H10O3.C5H11NO2/c11-10(12)9-6-5-7-3-1-2-4-8(7)13-9;1-3(2)4(6)5(7)8/h1-4,9H,5-6H2,(H,11,12);3-4H,6H2,1-2H3,(H,7,8)/t;4-/m.0/s1. The van der Waals surface area contributed by atoms with E-state index in [0.717, 1.165) is 12.0 Å². The van der Waals surface area contributed by atoms with E-state index in [1.54, 1.807) is 13.8 Å². The number of carboxylic acid groups (broad SMARTS) is 2. The zero-order valence-corrected chi connectivity index (χ0v) is 12.2. The Morgan fingerprint density at radius 2 is 1.90 bits per heavy atom. The Hall–Kier alpha value is -2.08. The van der Waals surface area contributed by atoms with Gasteiger partial charge in [-0.1, -0.05) is 32.0 Å². The number of carboxylic acids is 2. The van der Waals surface area contributed by atoms with Crippen LogP contribution in [0.2, 0.25) is 0 Å². The Morgan fingerprint density at radius 1 is 1.29 bits per heavy atom. The molecule has 116 valence electrons. The lowest BCUT2D eigenvalue weighted by molar-refractivity contribution is -0.145. The number of hydrogen-bond donors (Lipinski definition) is 3. The van der Waals surface area contributed by atoms with Gasteiger partial charge in [0.05, 0.1) is 0 Å². The topological polar surface area (TPSA) is 110 Å². The van der Waals surface area contributed by atoms with Crippen molar-refractivity contribution in [3.8, 4) is 5.75 Å². The second-order valence-electron chi connectivity index (χ2n) is 5.20. The molecule has 0 aliphatic carbocycles. The van der Waals surface area contributed by atoms with Crippen LogP contribution in [0.3, 0.4) is 0 Å². The van der Waals surface area contributed by atoms with Crippen molar-refractivity contribution in [3.63, 3.8) is 0 Å². The predicted molar refractivity (Wildman–Crippen MR) is 77.3 cm³/mol. The first-order valence-corrected chi connectivity index (χ1v) is 6.78. The second kappa shape index (κ2) is 7.64. The maximum atomic E-state index is 10.6. The smallest absolute Gasteiger partial charge is 0.344 e. The molecule has 6 heteroatoms. The largest absolute Gasteiger partial charge is 0.480 e. The molecular weight excluding hydrogens is 274 g/mol. The molecule has 1 aliphatic rings. The zero-order valence-electron chi connectivity index (χ0n) is 12.2. The molecule has 0 saturated carbocycles. The number of nitrogens with two attached hydrogens (primary N) is 1. The van der Waals surface area contributed by atoms with Crippen molar-refractivity contribution in [2.75, 3.05) is 0 Å². The van der Waals surface area contributed by atoms with Crippen LogP contribution in [0.4, 0.5) is 0 Å². The first kappa shape index (κ1) is 17.0. The summed E-state index contributed by atoms with van der Waals surface area (Å²) in [6.07, 6.45) is 0.675. The van der Waals surface area contributed by atoms with E-state index >= 15 is 0 Å². The molecule has 1 heterocycles. The third-order valence-electron chi connectivity index (χ3n) is 3.20. The molecule has 0 saturated heterocycles. The lowest BCUT2D eigenvalue weighted by Crippen LogP contribution is -2.34. The SMILES string of the molecule is CC(C)[C@H](N)C(=O)O.O=C(O)C1CCc2ccccc2O1. The van der Waals surface area contributed by atoms with E-state index in [0.29, 0.717) is 12.2 Å². The molecule has 21 heavy (non-hydrogen) atoms. The summed E-state index contributed by atoms with van der Waals surface area (Å²) < 4.78 is 5.29. The average Bonchev–Trinajstić information content (AvgIpc) is 2.46. The molecule has 0 aromatic heterocycles. The fraction of sp³-hybridized carbons (Fsp3) is 0.467. The van der Waals surface area contributed by atoms with Crippen LogP contribution >= 0.6 is 0 Å². The third kappa shape index (κ3) is 5.07. The predicted octanol–water partition coefficient (Wildman–Crippen LogP) is 1.52. The van der Waals surface area contributed by atoms with Gasteiger partial charge >= 0.3 is 11.9 Å². The van der Waals surface area contributed by atoms with E-state index in [1.165, 1.54) is 0 Å². The summed E-state index contributed by atoms with van der Waals surface area (Å²) in [5, 5.41) is 17.0. The first-order chi connectivity index (χ1) is 9.82. The average molecular weight is 295 g/mol. The van der Waals surface area contributed by atoms with Gasteiger partial charge in [-0.05, 0) is 30.4 Å². The minimum Gasteiger partial charge on any atom is -0.480 e. The molecular formula is C15H21NO5. The van der Waals surface area contributed by atoms with Gasteiger partial charge in [-0.3, -0.25) is 4.79 Å². The highest BCUT2D eigenvalue weighted by Crippen LogP contribution is 2.26. The molecule has 0 bridgehead atoms. The maximum Gasteiger partial charge on any atom is 0.344 e. The van der Waals surface area contributed by atoms with E-state index in [-0.39, 0.29) is 5.92 Å². The van der Waals surface area contributed by atoms with E-state index in [4.69, 9.17) is 20.7 Å². The summed E-state index contributed by atoms with van der Waals surface area (Å²) in [4.78, 5) is 20.7. The number of ether oxygens (including phenoxy) is 1. The monoisotopic (exact) mass is 295 g/mol. The molecule has 2 rings (SSSR count). The molecule has 2 atom stereocenters. The number of hydrogen-bond acceptors (Lipinski definition) is 4. The Labute approximate surface area is 123 Å². The van der Waals surface area contributed by atoms with Gasteiger partial charge < -0.3 is 20.7 Å². The van der Waals surface area contributed by atoms with Gasteiger partial charge in [-0.15, -0.1) is 0 Å². The van der Waals surface area contributed by atoms with E-state index < -0.39 is 24.1 Å². The Morgan fingerprint density at radius 3 is 2.38 bits per heavy atom. The van der Waals surface area contributed by atoms with Crippen molar-refractivity contribution >= 4 is 11.9 Å². The summed E-state index contributed by atoms with van der Waals surface area (Å²) in [7, 11) is 0. The van der Waals surface area contributed by atoms with Gasteiger partial charge in [0, 0.05) is 0 Å². The van der Waals surface area contributed by atoms with Crippen LogP contribution in [0.15, 0.2) is 24.3 Å². The minimum atomic E-state index is -0.931. The number of fused-ring (bicyclic) bond motifs is 1. The van der Waals surface area contributed by atoms with Crippen molar-refractivity contribution < 1.29 is 24.5 Å². The fourth-order valence-corrected chi connectivity index (χ4v) is 1.78. The Bertz CT molecular complexity index is 501. The highest BCUT2D eigenvalue weighted by molar-refractivity contribution is 5.73. The zero-order chi connectivity index (χ0) is 16.0. The van der Waals surface area contributed by atoms with E-state index in [9.17, 15) is 9.59 Å². The number of aliphatic carboxylic acids is 2. The molecule has 1 aromatic rings. The third-order valence-corrected chi connectivity index (χ3v) is 3.20. The van der Waals surface area contributed by atoms with Gasteiger partial charge in [0.15, 0.2) is 6.10 Å². The van der Waals surface area contributed by atoms with Crippen molar-refractivity contribution in [2.24, 2.45) is 11.7 Å². The lowest BCUT2D eigenvalue weighted by atomic mass is 10.0. The minimum absolute atomic E-state index is 0.0208. The van der Waals surface area contributed by atoms with Crippen LogP contribution in [-0.2, 0) is 16.0 Å². The molecule has 1 aliphatic heterocycles. The number of para-hydroxylation sites is 1. The van der Waals surface area contributed by atoms with Crippen LogP contribution in [0.1, 0.15) is 25.8 Å². The molecule has 6 nitrogen and oxygen atoms in total. The van der Waals surface area contributed by atoms with Crippen molar-refractivity contribution in [1.82, 2.24) is 0 Å². The Kier molecular flexibility index (Phi) is 6.17. The van der Waals surface area contributed by atoms with Crippen molar-refractivity contribution in [1.29, 1.82) is 0 Å². The summed E-state index contributed by atoms with van der Waals surface area (Å²) in [5.41, 5.74) is 6.26. The molecule has 0 fully saturated rings. The number of aryl methyl sites for hydroxylation is 1. The van der Waals surface area contributed by atoms with Gasteiger partial charge in [-0.2, -0.15) is 0 Å². The summed E-state index contributed by atoms with van der Waals surface area (Å²) in [6, 6.07) is 6.85. The second-order valence-corrected chi connectivity index (χ2v) is 5.20. The number of benzene rings is 1. The lowest BCUT2D eigenvalue weighted by Gasteiger charge is -2.22. The van der Waals surface area contributed by atoms with E-state index in [2.05, 4.69) is 0 Å². The van der Waals surface area contributed by atoms with Gasteiger partial charge in [-0.25, -0.2) is 4.79 Å². The van der Waals surface area contributed by atoms with Gasteiger partial charge in [0.1, 0.15) is 11.8 Å². The molecule has 4 N–H and O–H groups in total.